The van der Waals surface area contributed by atoms with Crippen LogP contribution in [0.15, 0.2) is 0 Å². The van der Waals surface area contributed by atoms with Gasteiger partial charge in [0.25, 0.3) is 0 Å². The molecule has 150 valence electrons. The lowest BCUT2D eigenvalue weighted by molar-refractivity contribution is 0.504. The van der Waals surface area contributed by atoms with Crippen LogP contribution in [0.3, 0.4) is 0 Å². The van der Waals surface area contributed by atoms with E-state index in [1.54, 1.807) is 0 Å². The summed E-state index contributed by atoms with van der Waals surface area (Å²) >= 11 is 0. The number of hydrogen-bond acceptors (Lipinski definition) is 0. The van der Waals surface area contributed by atoms with E-state index in [9.17, 15) is 0 Å². The number of rotatable bonds is 8. The van der Waals surface area contributed by atoms with Gasteiger partial charge < -0.3 is 0 Å². The second kappa shape index (κ2) is 30.8. The highest BCUT2D eigenvalue weighted by Gasteiger charge is 1.95. The summed E-state index contributed by atoms with van der Waals surface area (Å²) in [6.07, 6.45) is 22.9. The highest BCUT2D eigenvalue weighted by molar-refractivity contribution is 4.51. The van der Waals surface area contributed by atoms with Gasteiger partial charge in [0, 0.05) is 0 Å². The van der Waals surface area contributed by atoms with Crippen molar-refractivity contribution in [1.82, 2.24) is 0 Å². The van der Waals surface area contributed by atoms with Crippen LogP contribution in [0.5, 0.6) is 0 Å². The van der Waals surface area contributed by atoms with Crippen LogP contribution in [-0.2, 0) is 0 Å². The third-order valence-electron chi connectivity index (χ3n) is 4.09. The Hall–Kier alpha value is 0. The van der Waals surface area contributed by atoms with E-state index in [0.29, 0.717) is 0 Å². The Balaban J connectivity index is -0.000000260. The lowest BCUT2D eigenvalue weighted by Crippen LogP contribution is -1.86. The molecule has 0 aliphatic heterocycles. The van der Waals surface area contributed by atoms with Gasteiger partial charge in [-0.25, -0.2) is 0 Å². The van der Waals surface area contributed by atoms with Gasteiger partial charge in [-0.3, -0.25) is 0 Å². The molecule has 0 atom stereocenters. The Morgan fingerprint density at radius 1 is 0.500 bits per heavy atom. The maximum atomic E-state index is 2.30. The van der Waals surface area contributed by atoms with Crippen molar-refractivity contribution in [2.24, 2.45) is 5.92 Å². The monoisotopic (exact) mass is 342 g/mol. The van der Waals surface area contributed by atoms with Gasteiger partial charge in [-0.2, -0.15) is 0 Å². The van der Waals surface area contributed by atoms with Crippen LogP contribution < -0.4 is 0 Å². The van der Waals surface area contributed by atoms with E-state index in [1.165, 1.54) is 103 Å². The third-order valence-corrected chi connectivity index (χ3v) is 4.09. The molecular weight excluding hydrogens is 288 g/mol. The summed E-state index contributed by atoms with van der Waals surface area (Å²) in [6.45, 7) is 15.6. The van der Waals surface area contributed by atoms with Gasteiger partial charge in [-0.1, -0.05) is 151 Å². The summed E-state index contributed by atoms with van der Waals surface area (Å²) < 4.78 is 0. The molecule has 0 unspecified atom stereocenters. The fourth-order valence-corrected chi connectivity index (χ4v) is 2.54. The molecular formula is C24H54. The van der Waals surface area contributed by atoms with E-state index in [4.69, 9.17) is 0 Å². The highest BCUT2D eigenvalue weighted by atomic mass is 14.0. The first-order valence-corrected chi connectivity index (χ1v) is 11.6. The molecule has 1 saturated carbocycles. The minimum Gasteiger partial charge on any atom is -0.0656 e. The van der Waals surface area contributed by atoms with Gasteiger partial charge in [0.2, 0.25) is 0 Å². The standard InChI is InChI=1S/C9H20.C6H12.C6H14.C3H8/c1-4-5-6-7-8-9(2)3;1-2-4-6-5-3-1;1-3-5-6-4-2;1-3-2/h9H,4-8H2,1-3H3;1-6H2;3-6H2,1-2H3;3H2,1-2H3. The van der Waals surface area contributed by atoms with Crippen molar-refractivity contribution >= 4 is 0 Å². The van der Waals surface area contributed by atoms with Crippen LogP contribution in [0.4, 0.5) is 0 Å². The molecule has 0 heterocycles. The van der Waals surface area contributed by atoms with Crippen molar-refractivity contribution in [3.63, 3.8) is 0 Å². The molecule has 1 aliphatic rings. The zero-order valence-corrected chi connectivity index (χ0v) is 18.9. The Labute approximate surface area is 157 Å². The minimum absolute atomic E-state index is 0.904. The summed E-state index contributed by atoms with van der Waals surface area (Å²) in [5.74, 6) is 0.904. The Morgan fingerprint density at radius 2 is 0.792 bits per heavy atom. The molecule has 0 aromatic carbocycles. The molecule has 0 nitrogen and oxygen atoms in total. The maximum Gasteiger partial charge on any atom is -0.0471 e. The molecule has 0 amide bonds. The van der Waals surface area contributed by atoms with Gasteiger partial charge in [0.1, 0.15) is 0 Å². The molecule has 1 aliphatic carbocycles. The van der Waals surface area contributed by atoms with Crippen molar-refractivity contribution in [3.05, 3.63) is 0 Å². The number of unbranched alkanes of at least 4 members (excludes halogenated alkanes) is 6. The molecule has 0 radical (unpaired) electrons. The predicted octanol–water partition coefficient (Wildman–Crippen LogP) is 9.96. The zero-order chi connectivity index (χ0) is 18.9. The van der Waals surface area contributed by atoms with Gasteiger partial charge in [-0.05, 0) is 5.92 Å². The SMILES string of the molecule is C1CCCCC1.CCC.CCCCCC.CCCCCCC(C)C. The molecule has 0 spiro atoms. The topological polar surface area (TPSA) is 0 Å². The van der Waals surface area contributed by atoms with Crippen LogP contribution in [-0.4, -0.2) is 0 Å². The molecule has 1 fully saturated rings. The normalized spacial score (nSPS) is 13.0. The average molecular weight is 343 g/mol. The van der Waals surface area contributed by atoms with Gasteiger partial charge in [0.05, 0.1) is 0 Å². The Morgan fingerprint density at radius 3 is 1.04 bits per heavy atom. The van der Waals surface area contributed by atoms with Crippen LogP contribution >= 0.6 is 0 Å². The molecule has 0 saturated heterocycles. The van der Waals surface area contributed by atoms with E-state index in [2.05, 4.69) is 48.5 Å². The average Bonchev–Trinajstić information content (AvgIpc) is 2.60. The predicted molar refractivity (Wildman–Crippen MR) is 117 cm³/mol. The first kappa shape index (κ1) is 28.8. The molecule has 0 N–H and O–H groups in total. The highest BCUT2D eigenvalue weighted by Crippen LogP contribution is 2.15. The second-order valence-corrected chi connectivity index (χ2v) is 7.78. The first-order chi connectivity index (χ1) is 11.6. The second-order valence-electron chi connectivity index (χ2n) is 7.78. The summed E-state index contributed by atoms with van der Waals surface area (Å²) in [5.41, 5.74) is 0. The van der Waals surface area contributed by atoms with Crippen LogP contribution in [0.2, 0.25) is 0 Å². The van der Waals surface area contributed by atoms with Crippen molar-refractivity contribution in [3.8, 4) is 0 Å². The van der Waals surface area contributed by atoms with Crippen molar-refractivity contribution in [2.45, 2.75) is 151 Å². The summed E-state index contributed by atoms with van der Waals surface area (Å²) in [4.78, 5) is 0. The smallest absolute Gasteiger partial charge is 0.0471 e. The number of hydrogen-bond donors (Lipinski definition) is 0. The van der Waals surface area contributed by atoms with Crippen molar-refractivity contribution < 1.29 is 0 Å². The summed E-state index contributed by atoms with van der Waals surface area (Å²) in [6, 6.07) is 0. The molecule has 1 rings (SSSR count). The van der Waals surface area contributed by atoms with E-state index in [-0.39, 0.29) is 0 Å². The molecule has 0 aromatic heterocycles. The fourth-order valence-electron chi connectivity index (χ4n) is 2.54. The Kier molecular flexibility index (Phi) is 37.0. The summed E-state index contributed by atoms with van der Waals surface area (Å²) in [5, 5.41) is 0. The molecule has 24 heavy (non-hydrogen) atoms. The largest absolute Gasteiger partial charge is 0.0656 e. The lowest BCUT2D eigenvalue weighted by Gasteiger charge is -2.05. The maximum absolute atomic E-state index is 2.30. The van der Waals surface area contributed by atoms with E-state index in [0.717, 1.165) is 5.92 Å². The van der Waals surface area contributed by atoms with E-state index < -0.39 is 0 Å². The minimum atomic E-state index is 0.904. The quantitative estimate of drug-likeness (QED) is 0.385. The van der Waals surface area contributed by atoms with Crippen LogP contribution in [0.25, 0.3) is 0 Å². The van der Waals surface area contributed by atoms with Crippen LogP contribution in [0.1, 0.15) is 151 Å². The van der Waals surface area contributed by atoms with Crippen LogP contribution in [0, 0.1) is 5.92 Å². The van der Waals surface area contributed by atoms with Gasteiger partial charge in [0.15, 0.2) is 0 Å². The van der Waals surface area contributed by atoms with E-state index in [1.807, 2.05) is 0 Å². The first-order valence-electron chi connectivity index (χ1n) is 11.6. The zero-order valence-electron chi connectivity index (χ0n) is 18.9. The van der Waals surface area contributed by atoms with Gasteiger partial charge in [-0.15, -0.1) is 0 Å². The summed E-state index contributed by atoms with van der Waals surface area (Å²) in [7, 11) is 0. The fraction of sp³-hybridized carbons (Fsp3) is 1.00. The lowest BCUT2D eigenvalue weighted by atomic mass is 10.0. The van der Waals surface area contributed by atoms with E-state index >= 15 is 0 Å². The van der Waals surface area contributed by atoms with Crippen molar-refractivity contribution in [1.29, 1.82) is 0 Å². The third kappa shape index (κ3) is 43.1. The molecule has 0 bridgehead atoms. The Bertz CT molecular complexity index is 140. The molecule has 0 aromatic rings. The van der Waals surface area contributed by atoms with Gasteiger partial charge >= 0.3 is 0 Å². The molecule has 0 heteroatoms. The van der Waals surface area contributed by atoms with Crippen molar-refractivity contribution in [2.75, 3.05) is 0 Å².